The molecule has 1 heterocycles. The van der Waals surface area contributed by atoms with Gasteiger partial charge < -0.3 is 29.8 Å². The summed E-state index contributed by atoms with van der Waals surface area (Å²) in [5, 5.41) is 14.9. The lowest BCUT2D eigenvalue weighted by molar-refractivity contribution is -0.135. The number of nitrogens with one attached hydrogen (secondary N) is 2. The standard InChI is InChI=1S/C12H18ClNO2S.C3H8NO5P.C2H7N/c1-8-7-17-10(3)12(8)14(11(15)5-13)9(2)6-16-4;5-3(6)1-4-2-10(7,8)9;1-3-2/h7,9H,5-6H2,1-4H3;4H,1-2H2,(H,5,6)(H2,7,8,9);3H,1-2H3. The molecule has 1 aromatic heterocycles. The maximum absolute atomic E-state index is 12.0. The Morgan fingerprint density at radius 2 is 1.87 bits per heavy atom. The molecule has 0 bridgehead atoms. The summed E-state index contributed by atoms with van der Waals surface area (Å²) in [6.07, 6.45) is -0.598. The van der Waals surface area contributed by atoms with Crippen LogP contribution in [0.4, 0.5) is 5.69 Å². The van der Waals surface area contributed by atoms with E-state index in [1.54, 1.807) is 23.3 Å². The van der Waals surface area contributed by atoms with E-state index < -0.39 is 26.4 Å². The van der Waals surface area contributed by atoms with Crippen molar-refractivity contribution in [3.8, 4) is 0 Å². The summed E-state index contributed by atoms with van der Waals surface area (Å²) in [7, 11) is 1.29. The third-order valence-electron chi connectivity index (χ3n) is 3.19. The number of halogens is 1. The Balaban J connectivity index is 0. The SMILES string of the molecule is CNC.COCC(C)N(C(=O)CCl)c1c(C)csc1C.O=C(O)CNCP(=O)(O)O. The van der Waals surface area contributed by atoms with Gasteiger partial charge in [0.1, 0.15) is 5.88 Å². The van der Waals surface area contributed by atoms with Crippen LogP contribution in [-0.2, 0) is 18.9 Å². The number of aliphatic carboxylic acids is 1. The number of aryl methyl sites for hydroxylation is 2. The predicted octanol–water partition coefficient (Wildman–Crippen LogP) is 1.60. The number of hydrogen-bond donors (Lipinski definition) is 5. The summed E-state index contributed by atoms with van der Waals surface area (Å²) >= 11 is 7.33. The molecular formula is C17H33ClN3O7PS. The highest BCUT2D eigenvalue weighted by Gasteiger charge is 2.25. The molecule has 1 rings (SSSR count). The molecule has 1 amide bonds. The minimum absolute atomic E-state index is 0.0111. The second-order valence-electron chi connectivity index (χ2n) is 6.17. The highest BCUT2D eigenvalue weighted by molar-refractivity contribution is 7.51. The first-order valence-electron chi connectivity index (χ1n) is 8.83. The zero-order valence-electron chi connectivity index (χ0n) is 18.1. The fourth-order valence-electron chi connectivity index (χ4n) is 2.21. The van der Waals surface area contributed by atoms with E-state index in [-0.39, 0.29) is 17.8 Å². The van der Waals surface area contributed by atoms with Crippen LogP contribution < -0.4 is 15.5 Å². The van der Waals surface area contributed by atoms with Crippen molar-refractivity contribution < 1.29 is 33.8 Å². The Hall–Kier alpha value is -1.04. The predicted molar refractivity (Wildman–Crippen MR) is 121 cm³/mol. The van der Waals surface area contributed by atoms with Gasteiger partial charge >= 0.3 is 13.6 Å². The van der Waals surface area contributed by atoms with Gasteiger partial charge in [-0.1, -0.05) is 0 Å². The summed E-state index contributed by atoms with van der Waals surface area (Å²) < 4.78 is 15.2. The lowest BCUT2D eigenvalue weighted by Crippen LogP contribution is -2.42. The number of nitrogens with zero attached hydrogens (tertiary/aromatic N) is 1. The summed E-state index contributed by atoms with van der Waals surface area (Å²) in [6.45, 7) is 6.04. The highest BCUT2D eigenvalue weighted by Crippen LogP contribution is 2.32. The average Bonchev–Trinajstić information content (AvgIpc) is 2.94. The van der Waals surface area contributed by atoms with Crippen LogP contribution in [0.2, 0.25) is 0 Å². The molecule has 10 nitrogen and oxygen atoms in total. The second-order valence-corrected chi connectivity index (χ2v) is 9.17. The van der Waals surface area contributed by atoms with E-state index >= 15 is 0 Å². The monoisotopic (exact) mass is 489 g/mol. The number of methoxy groups -OCH3 is 1. The molecule has 1 atom stereocenters. The molecule has 0 spiro atoms. The summed E-state index contributed by atoms with van der Waals surface area (Å²) in [5.74, 6) is -1.24. The first-order chi connectivity index (χ1) is 13.9. The number of alkyl halides is 1. The van der Waals surface area contributed by atoms with Gasteiger partial charge in [0.25, 0.3) is 0 Å². The smallest absolute Gasteiger partial charge is 0.339 e. The third kappa shape index (κ3) is 14.1. The zero-order valence-corrected chi connectivity index (χ0v) is 20.6. The maximum Gasteiger partial charge on any atom is 0.339 e. The van der Waals surface area contributed by atoms with Crippen LogP contribution in [-0.4, -0.2) is 79.3 Å². The Morgan fingerprint density at radius 1 is 1.33 bits per heavy atom. The fourth-order valence-corrected chi connectivity index (χ4v) is 3.57. The zero-order chi connectivity index (χ0) is 23.9. The van der Waals surface area contributed by atoms with E-state index in [4.69, 9.17) is 31.2 Å². The van der Waals surface area contributed by atoms with Crippen molar-refractivity contribution in [1.29, 1.82) is 0 Å². The number of carboxylic acid groups (broad SMARTS) is 1. The molecule has 0 radical (unpaired) electrons. The molecule has 13 heteroatoms. The fraction of sp³-hybridized carbons (Fsp3) is 0.647. The van der Waals surface area contributed by atoms with Gasteiger partial charge in [0.2, 0.25) is 5.91 Å². The van der Waals surface area contributed by atoms with Crippen LogP contribution in [0.1, 0.15) is 17.4 Å². The lowest BCUT2D eigenvalue weighted by Gasteiger charge is -2.29. The van der Waals surface area contributed by atoms with Crippen LogP contribution in [0.15, 0.2) is 5.38 Å². The first kappa shape index (κ1) is 31.1. The van der Waals surface area contributed by atoms with Crippen LogP contribution in [0.25, 0.3) is 0 Å². The number of anilines is 1. The number of ether oxygens (including phenoxy) is 1. The van der Waals surface area contributed by atoms with Crippen LogP contribution >= 0.6 is 30.5 Å². The Bertz CT molecular complexity index is 665. The van der Waals surface area contributed by atoms with Gasteiger partial charge in [0.15, 0.2) is 0 Å². The van der Waals surface area contributed by atoms with Gasteiger partial charge in [-0.25, -0.2) is 0 Å². The average molecular weight is 490 g/mol. The van der Waals surface area contributed by atoms with Gasteiger partial charge in [-0.3, -0.25) is 19.5 Å². The highest BCUT2D eigenvalue weighted by atomic mass is 35.5. The molecule has 0 fully saturated rings. The Labute approximate surface area is 186 Å². The number of carbonyl (C=O) groups is 2. The molecule has 0 aliphatic carbocycles. The number of carboxylic acids is 1. The molecule has 0 saturated heterocycles. The van der Waals surface area contributed by atoms with Gasteiger partial charge in [-0.05, 0) is 45.8 Å². The number of hydrogen-bond acceptors (Lipinski definition) is 7. The third-order valence-corrected chi connectivity index (χ3v) is 5.07. The van der Waals surface area contributed by atoms with Crippen LogP contribution in [0, 0.1) is 13.8 Å². The van der Waals surface area contributed by atoms with Gasteiger partial charge in [-0.15, -0.1) is 22.9 Å². The maximum atomic E-state index is 12.0. The molecule has 30 heavy (non-hydrogen) atoms. The van der Waals surface area contributed by atoms with E-state index in [1.165, 1.54) is 0 Å². The van der Waals surface area contributed by atoms with E-state index in [0.717, 1.165) is 16.1 Å². The topological polar surface area (TPSA) is 148 Å². The van der Waals surface area contributed by atoms with Crippen molar-refractivity contribution in [2.24, 2.45) is 0 Å². The normalized spacial score (nSPS) is 11.5. The molecule has 0 aliphatic rings. The lowest BCUT2D eigenvalue weighted by atomic mass is 10.2. The van der Waals surface area contributed by atoms with Crippen molar-refractivity contribution in [3.05, 3.63) is 15.8 Å². The number of rotatable bonds is 9. The molecule has 1 unspecified atom stereocenters. The summed E-state index contributed by atoms with van der Waals surface area (Å²) in [6, 6.07) is -0.0155. The van der Waals surface area contributed by atoms with Gasteiger partial charge in [-0.2, -0.15) is 0 Å². The first-order valence-corrected chi connectivity index (χ1v) is 12.0. The van der Waals surface area contributed by atoms with Crippen LogP contribution in [0.5, 0.6) is 0 Å². The second kappa shape index (κ2) is 16.6. The van der Waals surface area contributed by atoms with Crippen molar-refractivity contribution >= 4 is 48.1 Å². The summed E-state index contributed by atoms with van der Waals surface area (Å²) in [4.78, 5) is 41.0. The van der Waals surface area contributed by atoms with E-state index in [1.807, 2.05) is 34.9 Å². The molecule has 0 aromatic carbocycles. The Kier molecular flexibility index (Phi) is 17.3. The largest absolute Gasteiger partial charge is 0.480 e. The molecular weight excluding hydrogens is 457 g/mol. The van der Waals surface area contributed by atoms with E-state index in [0.29, 0.717) is 6.61 Å². The van der Waals surface area contributed by atoms with E-state index in [9.17, 15) is 14.2 Å². The molecule has 0 aliphatic heterocycles. The van der Waals surface area contributed by atoms with Crippen molar-refractivity contribution in [3.63, 3.8) is 0 Å². The molecule has 0 saturated carbocycles. The van der Waals surface area contributed by atoms with Crippen molar-refractivity contribution in [2.45, 2.75) is 26.8 Å². The van der Waals surface area contributed by atoms with Crippen LogP contribution in [0.3, 0.4) is 0 Å². The number of thiophene rings is 1. The summed E-state index contributed by atoms with van der Waals surface area (Å²) in [5.41, 5.74) is 2.08. The molecule has 5 N–H and O–H groups in total. The quantitative estimate of drug-likeness (QED) is 0.257. The van der Waals surface area contributed by atoms with Gasteiger partial charge in [0, 0.05) is 12.0 Å². The molecule has 1 aromatic rings. The number of carbonyl (C=O) groups excluding carboxylic acids is 1. The van der Waals surface area contributed by atoms with E-state index in [2.05, 4.69) is 16.0 Å². The van der Waals surface area contributed by atoms with Crippen molar-refractivity contribution in [1.82, 2.24) is 10.6 Å². The minimum Gasteiger partial charge on any atom is -0.480 e. The number of amides is 1. The van der Waals surface area contributed by atoms with Gasteiger partial charge in [0.05, 0.1) is 31.2 Å². The Morgan fingerprint density at radius 3 is 2.20 bits per heavy atom. The van der Waals surface area contributed by atoms with Crippen molar-refractivity contribution in [2.75, 3.05) is 51.4 Å². The molecule has 176 valence electrons. The minimum atomic E-state index is -4.10.